The van der Waals surface area contributed by atoms with E-state index >= 15 is 0 Å². The SMILES string of the molecule is Cc1ccc(C(CC(=O)O)NC(=O)c2cc(O)n(-c3ccccc3)n2)cc1. The number of carbonyl (C=O) groups excluding carboxylic acids is 1. The second-order valence-corrected chi connectivity index (χ2v) is 6.17. The Morgan fingerprint density at radius 1 is 1.11 bits per heavy atom. The van der Waals surface area contributed by atoms with Gasteiger partial charge in [0.05, 0.1) is 18.2 Å². The van der Waals surface area contributed by atoms with Gasteiger partial charge in [0.25, 0.3) is 5.91 Å². The van der Waals surface area contributed by atoms with E-state index in [-0.39, 0.29) is 18.0 Å². The van der Waals surface area contributed by atoms with Crippen LogP contribution in [0, 0.1) is 6.92 Å². The van der Waals surface area contributed by atoms with Gasteiger partial charge in [-0.2, -0.15) is 5.10 Å². The van der Waals surface area contributed by atoms with E-state index in [1.807, 2.05) is 25.1 Å². The van der Waals surface area contributed by atoms with Gasteiger partial charge in [-0.15, -0.1) is 0 Å². The van der Waals surface area contributed by atoms with Gasteiger partial charge in [0.2, 0.25) is 5.88 Å². The third-order valence-electron chi connectivity index (χ3n) is 4.09. The first-order valence-corrected chi connectivity index (χ1v) is 8.37. The Labute approximate surface area is 155 Å². The van der Waals surface area contributed by atoms with Gasteiger partial charge >= 0.3 is 5.97 Å². The van der Waals surface area contributed by atoms with E-state index in [0.29, 0.717) is 11.3 Å². The third kappa shape index (κ3) is 4.33. The third-order valence-corrected chi connectivity index (χ3v) is 4.09. The van der Waals surface area contributed by atoms with Crippen LogP contribution >= 0.6 is 0 Å². The van der Waals surface area contributed by atoms with Crippen LogP contribution in [0.4, 0.5) is 0 Å². The number of carboxylic acid groups (broad SMARTS) is 1. The van der Waals surface area contributed by atoms with Crippen LogP contribution in [-0.2, 0) is 4.79 Å². The van der Waals surface area contributed by atoms with Crippen molar-refractivity contribution in [3.63, 3.8) is 0 Å². The molecule has 0 radical (unpaired) electrons. The summed E-state index contributed by atoms with van der Waals surface area (Å²) < 4.78 is 1.24. The first kappa shape index (κ1) is 18.2. The Hall–Kier alpha value is -3.61. The topological polar surface area (TPSA) is 104 Å². The molecule has 138 valence electrons. The number of aromatic nitrogens is 2. The summed E-state index contributed by atoms with van der Waals surface area (Å²) in [6.07, 6.45) is -0.264. The standard InChI is InChI=1S/C20H19N3O4/c1-13-7-9-14(10-8-13)16(12-19(25)26)21-20(27)17-11-18(24)23(22-17)15-5-3-2-4-6-15/h2-11,16,24H,12H2,1H3,(H,21,27)(H,25,26). The number of hydrogen-bond acceptors (Lipinski definition) is 4. The summed E-state index contributed by atoms with van der Waals surface area (Å²) in [5.41, 5.74) is 2.32. The van der Waals surface area contributed by atoms with E-state index in [1.54, 1.807) is 36.4 Å². The molecule has 0 bridgehead atoms. The molecule has 7 heteroatoms. The van der Waals surface area contributed by atoms with Crippen LogP contribution in [0.1, 0.15) is 34.1 Å². The summed E-state index contributed by atoms with van der Waals surface area (Å²) in [5, 5.41) is 26.1. The molecule has 0 saturated heterocycles. The number of aryl methyl sites for hydroxylation is 1. The minimum absolute atomic E-state index is 0.00106. The molecule has 3 rings (SSSR count). The molecule has 2 aromatic carbocycles. The van der Waals surface area contributed by atoms with Crippen molar-refractivity contribution in [2.45, 2.75) is 19.4 Å². The lowest BCUT2D eigenvalue weighted by Gasteiger charge is -2.17. The van der Waals surface area contributed by atoms with Gasteiger partial charge in [-0.25, -0.2) is 4.68 Å². The van der Waals surface area contributed by atoms with Crippen molar-refractivity contribution < 1.29 is 19.8 Å². The normalized spacial score (nSPS) is 11.7. The molecule has 0 saturated carbocycles. The van der Waals surface area contributed by atoms with E-state index in [0.717, 1.165) is 5.56 Å². The molecule has 7 nitrogen and oxygen atoms in total. The van der Waals surface area contributed by atoms with Gasteiger partial charge in [0.1, 0.15) is 0 Å². The molecule has 1 heterocycles. The molecule has 3 N–H and O–H groups in total. The fourth-order valence-electron chi connectivity index (χ4n) is 2.70. The summed E-state index contributed by atoms with van der Waals surface area (Å²) in [4.78, 5) is 23.8. The fraction of sp³-hybridized carbons (Fsp3) is 0.150. The quantitative estimate of drug-likeness (QED) is 0.623. The Kier molecular flexibility index (Phi) is 5.21. The van der Waals surface area contributed by atoms with E-state index in [9.17, 15) is 14.7 Å². The number of hydrogen-bond donors (Lipinski definition) is 3. The lowest BCUT2D eigenvalue weighted by molar-refractivity contribution is -0.137. The van der Waals surface area contributed by atoms with E-state index in [4.69, 9.17) is 5.11 Å². The number of para-hydroxylation sites is 1. The summed E-state index contributed by atoms with van der Waals surface area (Å²) in [5.74, 6) is -1.78. The predicted octanol–water partition coefficient (Wildman–Crippen LogP) is 2.83. The zero-order valence-corrected chi connectivity index (χ0v) is 14.7. The number of aliphatic carboxylic acids is 1. The first-order chi connectivity index (χ1) is 12.9. The Bertz CT molecular complexity index is 949. The van der Waals surface area contributed by atoms with Crippen LogP contribution in [-0.4, -0.2) is 31.9 Å². The summed E-state index contributed by atoms with van der Waals surface area (Å²) >= 11 is 0. The van der Waals surface area contributed by atoms with Crippen molar-refractivity contribution in [1.82, 2.24) is 15.1 Å². The highest BCUT2D eigenvalue weighted by molar-refractivity contribution is 5.93. The highest BCUT2D eigenvalue weighted by Gasteiger charge is 2.21. The number of rotatable bonds is 6. The van der Waals surface area contributed by atoms with Crippen LogP contribution in [0.3, 0.4) is 0 Å². The minimum atomic E-state index is -1.03. The zero-order valence-electron chi connectivity index (χ0n) is 14.7. The van der Waals surface area contributed by atoms with Gasteiger partial charge in [0, 0.05) is 6.07 Å². The van der Waals surface area contributed by atoms with Crippen molar-refractivity contribution in [1.29, 1.82) is 0 Å². The lowest BCUT2D eigenvalue weighted by Crippen LogP contribution is -2.30. The monoisotopic (exact) mass is 365 g/mol. The molecule has 1 amide bonds. The number of nitrogens with one attached hydrogen (secondary N) is 1. The molecule has 0 spiro atoms. The smallest absolute Gasteiger partial charge is 0.305 e. The molecule has 1 aromatic heterocycles. The molecule has 0 aliphatic carbocycles. The van der Waals surface area contributed by atoms with Gasteiger partial charge in [-0.3, -0.25) is 9.59 Å². The van der Waals surface area contributed by atoms with Crippen molar-refractivity contribution in [3.05, 3.63) is 77.5 Å². The predicted molar refractivity (Wildman–Crippen MR) is 98.9 cm³/mol. The molecular formula is C20H19N3O4. The van der Waals surface area contributed by atoms with E-state index in [1.165, 1.54) is 10.7 Å². The van der Waals surface area contributed by atoms with E-state index in [2.05, 4.69) is 10.4 Å². The fourth-order valence-corrected chi connectivity index (χ4v) is 2.70. The first-order valence-electron chi connectivity index (χ1n) is 8.37. The Balaban J connectivity index is 1.83. The van der Waals surface area contributed by atoms with Crippen LogP contribution in [0.15, 0.2) is 60.7 Å². The van der Waals surface area contributed by atoms with Crippen molar-refractivity contribution in [2.24, 2.45) is 0 Å². The number of carbonyl (C=O) groups is 2. The van der Waals surface area contributed by atoms with Crippen molar-refractivity contribution >= 4 is 11.9 Å². The maximum Gasteiger partial charge on any atom is 0.305 e. The average molecular weight is 365 g/mol. The highest BCUT2D eigenvalue weighted by atomic mass is 16.4. The van der Waals surface area contributed by atoms with Crippen LogP contribution in [0.2, 0.25) is 0 Å². The molecule has 1 atom stereocenters. The second-order valence-electron chi connectivity index (χ2n) is 6.17. The molecule has 0 aliphatic rings. The Morgan fingerprint density at radius 3 is 2.41 bits per heavy atom. The molecule has 0 fully saturated rings. The van der Waals surface area contributed by atoms with Crippen LogP contribution in [0.5, 0.6) is 5.88 Å². The molecule has 3 aromatic rings. The maximum absolute atomic E-state index is 12.6. The minimum Gasteiger partial charge on any atom is -0.493 e. The maximum atomic E-state index is 12.6. The van der Waals surface area contributed by atoms with Gasteiger partial charge < -0.3 is 15.5 Å². The number of benzene rings is 2. The molecule has 0 aliphatic heterocycles. The van der Waals surface area contributed by atoms with Crippen molar-refractivity contribution in [3.8, 4) is 11.6 Å². The second kappa shape index (κ2) is 7.74. The summed E-state index contributed by atoms with van der Waals surface area (Å²) in [6, 6.07) is 16.7. The van der Waals surface area contributed by atoms with Crippen LogP contribution < -0.4 is 5.32 Å². The number of carboxylic acids is 1. The number of nitrogens with zero attached hydrogens (tertiary/aromatic N) is 2. The molecule has 27 heavy (non-hydrogen) atoms. The largest absolute Gasteiger partial charge is 0.493 e. The molecule has 1 unspecified atom stereocenters. The lowest BCUT2D eigenvalue weighted by atomic mass is 10.0. The van der Waals surface area contributed by atoms with Gasteiger partial charge in [-0.1, -0.05) is 48.0 Å². The number of aromatic hydroxyl groups is 1. The van der Waals surface area contributed by atoms with Crippen LogP contribution in [0.25, 0.3) is 5.69 Å². The summed E-state index contributed by atoms with van der Waals surface area (Å²) in [7, 11) is 0. The average Bonchev–Trinajstić information content (AvgIpc) is 3.04. The number of amides is 1. The molecular weight excluding hydrogens is 346 g/mol. The highest BCUT2D eigenvalue weighted by Crippen LogP contribution is 2.21. The zero-order chi connectivity index (χ0) is 19.4. The van der Waals surface area contributed by atoms with Gasteiger partial charge in [-0.05, 0) is 24.6 Å². The van der Waals surface area contributed by atoms with Crippen molar-refractivity contribution in [2.75, 3.05) is 0 Å². The summed E-state index contributed by atoms with van der Waals surface area (Å²) in [6.45, 7) is 1.92. The van der Waals surface area contributed by atoms with Gasteiger partial charge in [0.15, 0.2) is 5.69 Å². The Morgan fingerprint density at radius 2 is 1.78 bits per heavy atom. The van der Waals surface area contributed by atoms with E-state index < -0.39 is 17.9 Å².